The number of rotatable bonds is 4. The summed E-state index contributed by atoms with van der Waals surface area (Å²) in [5.41, 5.74) is 12.0. The second-order valence-corrected chi connectivity index (χ2v) is 7.62. The summed E-state index contributed by atoms with van der Waals surface area (Å²) in [5.74, 6) is 0. The van der Waals surface area contributed by atoms with E-state index >= 15 is 0 Å². The van der Waals surface area contributed by atoms with Crippen molar-refractivity contribution in [1.82, 2.24) is 0 Å². The maximum atomic E-state index is 8.87. The van der Waals surface area contributed by atoms with Gasteiger partial charge in [0, 0.05) is 23.6 Å². The Morgan fingerprint density at radius 3 is 1.26 bits per heavy atom. The van der Waals surface area contributed by atoms with Crippen LogP contribution >= 0.6 is 0 Å². The number of fused-ring (bicyclic) bond motifs is 2. The highest BCUT2D eigenvalue weighted by Crippen LogP contribution is 2.18. The normalized spacial score (nSPS) is 11.9. The Balaban J connectivity index is 0.000000211. The molecule has 0 aliphatic carbocycles. The van der Waals surface area contributed by atoms with Crippen LogP contribution in [0.5, 0.6) is 0 Å². The van der Waals surface area contributed by atoms with Gasteiger partial charge in [-0.1, -0.05) is 84.9 Å². The van der Waals surface area contributed by atoms with Gasteiger partial charge in [0.1, 0.15) is 35.7 Å². The highest BCUT2D eigenvalue weighted by molar-refractivity contribution is 6.00. The third-order valence-electron chi connectivity index (χ3n) is 5.28. The molecule has 0 unspecified atom stereocenters. The summed E-state index contributed by atoms with van der Waals surface area (Å²) in [6.07, 6.45) is 3.09. The molecule has 0 amide bonds. The summed E-state index contributed by atoms with van der Waals surface area (Å²) < 4.78 is 0. The molecule has 0 aliphatic heterocycles. The fraction of sp³-hybridized carbons (Fsp3) is 0. The molecule has 38 heavy (non-hydrogen) atoms. The number of allylic oxidation sites excluding steroid dienone is 4. The number of nitrogens with two attached hydrogens (primary N) is 2. The van der Waals surface area contributed by atoms with Crippen LogP contribution in [0.2, 0.25) is 0 Å². The van der Waals surface area contributed by atoms with Gasteiger partial charge in [0.05, 0.1) is 0 Å². The minimum Gasteiger partial charge on any atom is -0.388 e. The maximum Gasteiger partial charge on any atom is 0.174 e. The van der Waals surface area contributed by atoms with E-state index in [9.17, 15) is 0 Å². The molecule has 4 N–H and O–H groups in total. The molecule has 0 bridgehead atoms. The predicted molar refractivity (Wildman–Crippen MR) is 148 cm³/mol. The van der Waals surface area contributed by atoms with Crippen molar-refractivity contribution in [2.45, 2.75) is 0 Å². The molecule has 4 aromatic carbocycles. The SMILES string of the molecule is N#C/C(N)=C(\C#N)N=Cc1cccc2ccccc12.N#C/C(N)=C(\C#N)N=Cc1cccc2ccccc12. The van der Waals surface area contributed by atoms with Crippen molar-refractivity contribution in [2.75, 3.05) is 0 Å². The fourth-order valence-corrected chi connectivity index (χ4v) is 3.42. The van der Waals surface area contributed by atoms with Gasteiger partial charge < -0.3 is 11.5 Å². The second-order valence-electron chi connectivity index (χ2n) is 7.62. The smallest absolute Gasteiger partial charge is 0.174 e. The molecule has 180 valence electrons. The van der Waals surface area contributed by atoms with Gasteiger partial charge in [-0.05, 0) is 21.5 Å². The van der Waals surface area contributed by atoms with Crippen LogP contribution in [0.3, 0.4) is 0 Å². The minimum atomic E-state index is -0.181. The molecular weight excluding hydrogens is 472 g/mol. The van der Waals surface area contributed by atoms with Crippen LogP contribution < -0.4 is 11.5 Å². The molecule has 0 spiro atoms. The lowest BCUT2D eigenvalue weighted by Crippen LogP contribution is -1.97. The van der Waals surface area contributed by atoms with Crippen molar-refractivity contribution in [3.05, 3.63) is 119 Å². The molecule has 0 radical (unpaired) electrons. The molecule has 0 saturated carbocycles. The monoisotopic (exact) mass is 492 g/mol. The van der Waals surface area contributed by atoms with Crippen LogP contribution in [0, 0.1) is 45.3 Å². The zero-order valence-corrected chi connectivity index (χ0v) is 20.1. The van der Waals surface area contributed by atoms with E-state index in [4.69, 9.17) is 32.5 Å². The number of nitrogens with zero attached hydrogens (tertiary/aromatic N) is 6. The first-order chi connectivity index (χ1) is 18.5. The first-order valence-corrected chi connectivity index (χ1v) is 11.2. The summed E-state index contributed by atoms with van der Waals surface area (Å²) in [6, 6.07) is 34.4. The lowest BCUT2D eigenvalue weighted by atomic mass is 10.1. The van der Waals surface area contributed by atoms with Crippen molar-refractivity contribution in [3.8, 4) is 24.3 Å². The van der Waals surface area contributed by atoms with Crippen LogP contribution in [0.4, 0.5) is 0 Å². The van der Waals surface area contributed by atoms with Crippen LogP contribution in [-0.4, -0.2) is 12.4 Å². The summed E-state index contributed by atoms with van der Waals surface area (Å²) >= 11 is 0. The van der Waals surface area contributed by atoms with E-state index in [1.807, 2.05) is 84.9 Å². The standard InChI is InChI=1S/2C15H10N4/c2*16-8-14(18)15(9-17)19-10-12-6-3-5-11-4-1-2-7-13(11)12/h2*1-7,10H,18H2/b2*15-14-,19-10?. The maximum absolute atomic E-state index is 8.87. The predicted octanol–water partition coefficient (Wildman–Crippen LogP) is 4.95. The van der Waals surface area contributed by atoms with Gasteiger partial charge in [-0.25, -0.2) is 9.98 Å². The Bertz CT molecular complexity index is 1640. The van der Waals surface area contributed by atoms with Crippen LogP contribution in [-0.2, 0) is 0 Å². The Kier molecular flexibility index (Phi) is 9.04. The van der Waals surface area contributed by atoms with E-state index in [-0.39, 0.29) is 22.8 Å². The van der Waals surface area contributed by atoms with Crippen LogP contribution in [0.25, 0.3) is 21.5 Å². The van der Waals surface area contributed by atoms with E-state index in [1.165, 1.54) is 0 Å². The number of hydrogen-bond donors (Lipinski definition) is 2. The quantitative estimate of drug-likeness (QED) is 0.301. The van der Waals surface area contributed by atoms with Crippen molar-refractivity contribution < 1.29 is 0 Å². The minimum absolute atomic E-state index is 0.0737. The zero-order chi connectivity index (χ0) is 27.3. The second kappa shape index (κ2) is 13.0. The molecule has 0 fully saturated rings. The van der Waals surface area contributed by atoms with Crippen LogP contribution in [0.15, 0.2) is 118 Å². The molecule has 8 heteroatoms. The third-order valence-corrected chi connectivity index (χ3v) is 5.28. The molecule has 4 aromatic rings. The van der Waals surface area contributed by atoms with E-state index in [1.54, 1.807) is 36.7 Å². The van der Waals surface area contributed by atoms with Gasteiger partial charge in [-0.2, -0.15) is 21.0 Å². The van der Waals surface area contributed by atoms with E-state index < -0.39 is 0 Å². The van der Waals surface area contributed by atoms with Crippen molar-refractivity contribution in [3.63, 3.8) is 0 Å². The van der Waals surface area contributed by atoms with E-state index in [2.05, 4.69) is 9.98 Å². The average Bonchev–Trinajstić information content (AvgIpc) is 2.97. The number of benzene rings is 4. The van der Waals surface area contributed by atoms with Gasteiger partial charge >= 0.3 is 0 Å². The largest absolute Gasteiger partial charge is 0.388 e. The molecule has 0 atom stereocenters. The summed E-state index contributed by atoms with van der Waals surface area (Å²) in [6.45, 7) is 0. The Labute approximate surface area is 219 Å². The lowest BCUT2D eigenvalue weighted by Gasteiger charge is -2.00. The first kappa shape index (κ1) is 26.4. The molecule has 0 heterocycles. The molecule has 4 rings (SSSR count). The Morgan fingerprint density at radius 1 is 0.526 bits per heavy atom. The van der Waals surface area contributed by atoms with Gasteiger partial charge in [-0.15, -0.1) is 0 Å². The number of hydrogen-bond acceptors (Lipinski definition) is 8. The highest BCUT2D eigenvalue weighted by atomic mass is 14.8. The summed E-state index contributed by atoms with van der Waals surface area (Å²) in [4.78, 5) is 7.96. The van der Waals surface area contributed by atoms with Crippen LogP contribution in [0.1, 0.15) is 11.1 Å². The molecule has 0 aliphatic rings. The molecule has 0 aromatic heterocycles. The van der Waals surface area contributed by atoms with Gasteiger partial charge in [0.2, 0.25) is 0 Å². The zero-order valence-electron chi connectivity index (χ0n) is 20.1. The first-order valence-electron chi connectivity index (χ1n) is 11.2. The Morgan fingerprint density at radius 2 is 0.895 bits per heavy atom. The van der Waals surface area contributed by atoms with Gasteiger partial charge in [-0.3, -0.25) is 0 Å². The van der Waals surface area contributed by atoms with E-state index in [0.717, 1.165) is 32.7 Å². The van der Waals surface area contributed by atoms with Crippen molar-refractivity contribution in [1.29, 1.82) is 21.0 Å². The fourth-order valence-electron chi connectivity index (χ4n) is 3.42. The third kappa shape index (κ3) is 6.46. The van der Waals surface area contributed by atoms with Crippen molar-refractivity contribution >= 4 is 34.0 Å². The molecule has 8 nitrogen and oxygen atoms in total. The average molecular weight is 493 g/mol. The van der Waals surface area contributed by atoms with Crippen molar-refractivity contribution in [2.24, 2.45) is 21.5 Å². The topological polar surface area (TPSA) is 172 Å². The molecule has 0 saturated heterocycles. The Hall–Kier alpha value is -6.22. The number of nitriles is 4. The van der Waals surface area contributed by atoms with E-state index in [0.29, 0.717) is 0 Å². The lowest BCUT2D eigenvalue weighted by molar-refractivity contribution is 1.27. The van der Waals surface area contributed by atoms with Gasteiger partial charge in [0.25, 0.3) is 0 Å². The van der Waals surface area contributed by atoms with Gasteiger partial charge in [0.15, 0.2) is 11.4 Å². The summed E-state index contributed by atoms with van der Waals surface area (Å²) in [7, 11) is 0. The molecular formula is C30H20N8. The number of aliphatic imine (C=N–C) groups is 2. The highest BCUT2D eigenvalue weighted by Gasteiger charge is 2.02. The summed E-state index contributed by atoms with van der Waals surface area (Å²) in [5, 5.41) is 39.3.